The number of epoxide rings is 1. The van der Waals surface area contributed by atoms with Crippen LogP contribution in [-0.2, 0) is 9.47 Å². The lowest BCUT2D eigenvalue weighted by Gasteiger charge is -2.41. The second kappa shape index (κ2) is 6.14. The van der Waals surface area contributed by atoms with Gasteiger partial charge in [-0.05, 0) is 25.7 Å². The standard InChI is InChI=1S/C15H25F2NO5/c1-5-18(6-2)13(21)23-12-11(20)14(3,4)7-8-9(22-8)10(19)15(12,16)17/h8-12,19-20H,5-7H2,1-4H3/t8-,9-,10+,11-,12-/m0/s1. The van der Waals surface area contributed by atoms with E-state index in [4.69, 9.17) is 9.47 Å². The molecular weight excluding hydrogens is 312 g/mol. The molecule has 134 valence electrons. The Kier molecular flexibility index (Phi) is 4.90. The minimum absolute atomic E-state index is 0.295. The third-order valence-corrected chi connectivity index (χ3v) is 4.77. The van der Waals surface area contributed by atoms with Crippen LogP contribution in [0.1, 0.15) is 34.1 Å². The molecule has 0 aromatic rings. The summed E-state index contributed by atoms with van der Waals surface area (Å²) >= 11 is 0. The summed E-state index contributed by atoms with van der Waals surface area (Å²) in [6.45, 7) is 7.20. The van der Waals surface area contributed by atoms with Crippen molar-refractivity contribution in [3.63, 3.8) is 0 Å². The Balaban J connectivity index is 2.29. The second-order valence-corrected chi connectivity index (χ2v) is 6.87. The zero-order valence-electron chi connectivity index (χ0n) is 13.8. The van der Waals surface area contributed by atoms with Crippen LogP contribution in [0, 0.1) is 5.41 Å². The van der Waals surface area contributed by atoms with Crippen molar-refractivity contribution in [2.45, 2.75) is 70.6 Å². The van der Waals surface area contributed by atoms with Crippen molar-refractivity contribution in [1.82, 2.24) is 4.90 Å². The number of fused-ring (bicyclic) bond motifs is 1. The number of alkyl halides is 2. The molecule has 0 bridgehead atoms. The molecule has 1 aliphatic carbocycles. The number of rotatable bonds is 3. The molecule has 0 aromatic carbocycles. The fourth-order valence-electron chi connectivity index (χ4n) is 3.05. The number of ether oxygens (including phenoxy) is 2. The second-order valence-electron chi connectivity index (χ2n) is 6.87. The maximum absolute atomic E-state index is 14.6. The number of amides is 1. The van der Waals surface area contributed by atoms with E-state index >= 15 is 0 Å². The molecule has 23 heavy (non-hydrogen) atoms. The van der Waals surface area contributed by atoms with Crippen LogP contribution >= 0.6 is 0 Å². The lowest BCUT2D eigenvalue weighted by molar-refractivity contribution is -0.226. The smallest absolute Gasteiger partial charge is 0.410 e. The molecule has 6 nitrogen and oxygen atoms in total. The minimum atomic E-state index is -3.81. The van der Waals surface area contributed by atoms with Crippen LogP contribution in [0.4, 0.5) is 13.6 Å². The number of carbonyl (C=O) groups excluding carboxylic acids is 1. The van der Waals surface area contributed by atoms with E-state index in [1.54, 1.807) is 27.7 Å². The van der Waals surface area contributed by atoms with Crippen LogP contribution in [-0.4, -0.2) is 70.7 Å². The van der Waals surface area contributed by atoms with Crippen molar-refractivity contribution < 1.29 is 33.3 Å². The van der Waals surface area contributed by atoms with E-state index in [2.05, 4.69) is 0 Å². The number of nitrogens with zero attached hydrogens (tertiary/aromatic N) is 1. The zero-order chi connectivity index (χ0) is 17.6. The molecule has 2 aliphatic rings. The van der Waals surface area contributed by atoms with Gasteiger partial charge in [-0.15, -0.1) is 0 Å². The van der Waals surface area contributed by atoms with E-state index in [0.717, 1.165) is 0 Å². The molecule has 0 spiro atoms. The van der Waals surface area contributed by atoms with Crippen LogP contribution in [0.2, 0.25) is 0 Å². The Morgan fingerprint density at radius 3 is 2.35 bits per heavy atom. The average Bonchev–Trinajstić information content (AvgIpc) is 3.21. The van der Waals surface area contributed by atoms with Gasteiger partial charge in [-0.1, -0.05) is 13.8 Å². The summed E-state index contributed by atoms with van der Waals surface area (Å²) in [6, 6.07) is 0. The molecule has 2 N–H and O–H groups in total. The Morgan fingerprint density at radius 1 is 1.26 bits per heavy atom. The van der Waals surface area contributed by atoms with Gasteiger partial charge in [0.25, 0.3) is 0 Å². The lowest BCUT2D eigenvalue weighted by atomic mass is 9.74. The van der Waals surface area contributed by atoms with Crippen LogP contribution < -0.4 is 0 Å². The summed E-state index contributed by atoms with van der Waals surface area (Å²) < 4.78 is 39.3. The lowest BCUT2D eigenvalue weighted by Crippen LogP contribution is -2.60. The molecule has 2 fully saturated rings. The van der Waals surface area contributed by atoms with E-state index in [0.29, 0.717) is 19.5 Å². The van der Waals surface area contributed by atoms with Gasteiger partial charge in [0.05, 0.1) is 6.10 Å². The SMILES string of the molecule is CCN(CC)C(=O)O[C@H]1[C@H](O)C(C)(C)C[C@@H]2O[C@@H]2[C@@H](O)C1(F)F. The van der Waals surface area contributed by atoms with Crippen molar-refractivity contribution in [2.75, 3.05) is 13.1 Å². The molecule has 0 aromatic heterocycles. The van der Waals surface area contributed by atoms with Gasteiger partial charge in [-0.2, -0.15) is 8.78 Å². The van der Waals surface area contributed by atoms with E-state index in [-0.39, 0.29) is 0 Å². The Bertz CT molecular complexity index is 455. The fourth-order valence-corrected chi connectivity index (χ4v) is 3.05. The number of carbonyl (C=O) groups is 1. The van der Waals surface area contributed by atoms with Crippen LogP contribution in [0.5, 0.6) is 0 Å². The van der Waals surface area contributed by atoms with Gasteiger partial charge >= 0.3 is 12.0 Å². The van der Waals surface area contributed by atoms with Crippen molar-refractivity contribution in [3.05, 3.63) is 0 Å². The average molecular weight is 337 g/mol. The number of hydrogen-bond donors (Lipinski definition) is 2. The number of aliphatic hydroxyl groups excluding tert-OH is 2. The Labute approximate surface area is 134 Å². The van der Waals surface area contributed by atoms with Gasteiger partial charge in [0.1, 0.15) is 18.3 Å². The first kappa shape index (κ1) is 18.4. The van der Waals surface area contributed by atoms with Gasteiger partial charge < -0.3 is 24.6 Å². The van der Waals surface area contributed by atoms with Gasteiger partial charge in [0.15, 0.2) is 6.10 Å². The highest BCUT2D eigenvalue weighted by molar-refractivity contribution is 5.67. The quantitative estimate of drug-likeness (QED) is 0.761. The summed E-state index contributed by atoms with van der Waals surface area (Å²) in [5, 5.41) is 20.3. The highest BCUT2D eigenvalue weighted by Gasteiger charge is 2.65. The Morgan fingerprint density at radius 2 is 1.83 bits per heavy atom. The van der Waals surface area contributed by atoms with Gasteiger partial charge in [-0.3, -0.25) is 0 Å². The summed E-state index contributed by atoms with van der Waals surface area (Å²) in [6.07, 6.45) is -8.03. The van der Waals surface area contributed by atoms with Crippen molar-refractivity contribution >= 4 is 6.09 Å². The summed E-state index contributed by atoms with van der Waals surface area (Å²) in [4.78, 5) is 13.3. The van der Waals surface area contributed by atoms with Gasteiger partial charge in [0, 0.05) is 13.1 Å². The van der Waals surface area contributed by atoms with Gasteiger partial charge in [0.2, 0.25) is 0 Å². The molecule has 5 atom stereocenters. The topological polar surface area (TPSA) is 82.5 Å². The van der Waals surface area contributed by atoms with Crippen molar-refractivity contribution in [1.29, 1.82) is 0 Å². The fraction of sp³-hybridized carbons (Fsp3) is 0.933. The van der Waals surface area contributed by atoms with Crippen LogP contribution in [0.3, 0.4) is 0 Å². The van der Waals surface area contributed by atoms with Crippen molar-refractivity contribution in [2.24, 2.45) is 5.41 Å². The minimum Gasteiger partial charge on any atom is -0.437 e. The number of halogens is 2. The van der Waals surface area contributed by atoms with Gasteiger partial charge in [-0.25, -0.2) is 4.79 Å². The van der Waals surface area contributed by atoms with E-state index in [9.17, 15) is 23.8 Å². The first-order valence-electron chi connectivity index (χ1n) is 7.91. The molecule has 8 heteroatoms. The molecule has 1 aliphatic heterocycles. The van der Waals surface area contributed by atoms with Crippen LogP contribution in [0.15, 0.2) is 0 Å². The summed E-state index contributed by atoms with van der Waals surface area (Å²) in [5.74, 6) is -3.81. The maximum atomic E-state index is 14.6. The molecule has 1 saturated heterocycles. The third kappa shape index (κ3) is 3.29. The number of aliphatic hydroxyl groups is 2. The first-order valence-corrected chi connectivity index (χ1v) is 7.91. The van der Waals surface area contributed by atoms with Crippen LogP contribution in [0.25, 0.3) is 0 Å². The van der Waals surface area contributed by atoms with E-state index in [1.807, 2.05) is 0 Å². The highest BCUT2D eigenvalue weighted by Crippen LogP contribution is 2.48. The molecule has 1 heterocycles. The first-order chi connectivity index (χ1) is 10.6. The summed E-state index contributed by atoms with van der Waals surface area (Å²) in [5.41, 5.74) is -0.947. The largest absolute Gasteiger partial charge is 0.437 e. The molecule has 1 amide bonds. The number of hydrogen-bond acceptors (Lipinski definition) is 5. The predicted octanol–water partition coefficient (Wildman–Crippen LogP) is 1.39. The predicted molar refractivity (Wildman–Crippen MR) is 77.2 cm³/mol. The normalized spacial score (nSPS) is 38.0. The molecule has 1 saturated carbocycles. The third-order valence-electron chi connectivity index (χ3n) is 4.77. The monoisotopic (exact) mass is 337 g/mol. The molecule has 0 unspecified atom stereocenters. The Hall–Kier alpha value is -0.990. The molecule has 2 rings (SSSR count). The zero-order valence-corrected chi connectivity index (χ0v) is 13.8. The van der Waals surface area contributed by atoms with E-state index in [1.165, 1.54) is 4.90 Å². The summed E-state index contributed by atoms with van der Waals surface area (Å²) in [7, 11) is 0. The molecular formula is C15H25F2NO5. The van der Waals surface area contributed by atoms with Crippen molar-refractivity contribution in [3.8, 4) is 0 Å². The maximum Gasteiger partial charge on any atom is 0.410 e. The molecule has 0 radical (unpaired) electrons. The van der Waals surface area contributed by atoms with E-state index < -0.39 is 48.0 Å². The highest BCUT2D eigenvalue weighted by atomic mass is 19.3.